The van der Waals surface area contributed by atoms with Crippen molar-refractivity contribution in [2.45, 2.75) is 13.3 Å². The van der Waals surface area contributed by atoms with E-state index < -0.39 is 0 Å². The highest BCUT2D eigenvalue weighted by molar-refractivity contribution is 7.17. The van der Waals surface area contributed by atoms with Crippen molar-refractivity contribution in [1.82, 2.24) is 15.2 Å². The summed E-state index contributed by atoms with van der Waals surface area (Å²) in [7, 11) is 0. The molecule has 5 nitrogen and oxygen atoms in total. The van der Waals surface area contributed by atoms with Gasteiger partial charge in [-0.05, 0) is 36.8 Å². The lowest BCUT2D eigenvalue weighted by Crippen LogP contribution is -2.09. The second-order valence-electron chi connectivity index (χ2n) is 4.98. The van der Waals surface area contributed by atoms with E-state index in [4.69, 9.17) is 11.6 Å². The number of nitrogens with zero attached hydrogens (tertiary/aromatic N) is 2. The summed E-state index contributed by atoms with van der Waals surface area (Å²) in [6.45, 7) is 2.02. The second-order valence-corrected chi connectivity index (χ2v) is 6.73. The number of amides is 1. The van der Waals surface area contributed by atoms with Gasteiger partial charge in [-0.25, -0.2) is 0 Å². The van der Waals surface area contributed by atoms with Crippen LogP contribution in [0.25, 0.3) is 17.3 Å². The molecule has 0 saturated carbocycles. The number of hydrogen-bond donors (Lipinski definition) is 2. The van der Waals surface area contributed by atoms with Crippen molar-refractivity contribution in [3.8, 4) is 11.3 Å². The molecule has 1 amide bonds. The van der Waals surface area contributed by atoms with Crippen molar-refractivity contribution >= 4 is 40.7 Å². The van der Waals surface area contributed by atoms with Crippen LogP contribution in [-0.2, 0) is 11.2 Å². The van der Waals surface area contributed by atoms with E-state index in [9.17, 15) is 4.79 Å². The molecule has 0 aromatic carbocycles. The molecule has 0 radical (unpaired) electrons. The minimum atomic E-state index is -0.234. The van der Waals surface area contributed by atoms with Crippen molar-refractivity contribution in [2.24, 2.45) is 0 Å². The summed E-state index contributed by atoms with van der Waals surface area (Å²) in [5, 5.41) is 10.0. The number of H-pyrrole nitrogens is 1. The third kappa shape index (κ3) is 3.72. The maximum Gasteiger partial charge on any atom is 0.249 e. The number of aromatic nitrogens is 3. The summed E-state index contributed by atoms with van der Waals surface area (Å²) < 4.78 is 0.692. The Balaban J connectivity index is 1.77. The van der Waals surface area contributed by atoms with Gasteiger partial charge in [-0.2, -0.15) is 5.10 Å². The van der Waals surface area contributed by atoms with Gasteiger partial charge in [0.2, 0.25) is 5.91 Å². The Kier molecular flexibility index (Phi) is 5.08. The number of halogens is 1. The predicted octanol–water partition coefficient (Wildman–Crippen LogP) is 4.40. The van der Waals surface area contributed by atoms with Gasteiger partial charge in [-0.15, -0.1) is 11.3 Å². The molecule has 24 heavy (non-hydrogen) atoms. The first-order chi connectivity index (χ1) is 11.7. The summed E-state index contributed by atoms with van der Waals surface area (Å²) in [6, 6.07) is 7.47. The first-order valence-electron chi connectivity index (χ1n) is 7.39. The molecule has 0 unspecified atom stereocenters. The van der Waals surface area contributed by atoms with Gasteiger partial charge in [0.15, 0.2) is 5.82 Å². The van der Waals surface area contributed by atoms with Crippen molar-refractivity contribution in [3.05, 3.63) is 57.5 Å². The van der Waals surface area contributed by atoms with Crippen molar-refractivity contribution < 1.29 is 4.79 Å². The molecule has 3 heterocycles. The smallest absolute Gasteiger partial charge is 0.249 e. The quantitative estimate of drug-likeness (QED) is 0.664. The van der Waals surface area contributed by atoms with E-state index in [1.807, 2.05) is 25.1 Å². The Labute approximate surface area is 148 Å². The van der Waals surface area contributed by atoms with E-state index in [0.717, 1.165) is 28.1 Å². The summed E-state index contributed by atoms with van der Waals surface area (Å²) in [5.41, 5.74) is 2.84. The molecule has 0 fully saturated rings. The molecule has 2 N–H and O–H groups in total. The molecular weight excluding hydrogens is 344 g/mol. The monoisotopic (exact) mass is 358 g/mol. The Hall–Kier alpha value is -2.44. The minimum Gasteiger partial charge on any atom is -0.305 e. The number of aromatic amines is 1. The molecule has 3 aromatic heterocycles. The van der Waals surface area contributed by atoms with E-state index in [2.05, 4.69) is 20.5 Å². The van der Waals surface area contributed by atoms with Crippen LogP contribution >= 0.6 is 22.9 Å². The second kappa shape index (κ2) is 7.42. The van der Waals surface area contributed by atoms with Crippen molar-refractivity contribution in [1.29, 1.82) is 0 Å². The van der Waals surface area contributed by atoms with Gasteiger partial charge in [0.1, 0.15) is 0 Å². The molecule has 0 bridgehead atoms. The van der Waals surface area contributed by atoms with Crippen molar-refractivity contribution in [3.63, 3.8) is 0 Å². The fourth-order valence-electron chi connectivity index (χ4n) is 2.30. The summed E-state index contributed by atoms with van der Waals surface area (Å²) in [6.07, 6.45) is 7.40. The molecule has 0 atom stereocenters. The summed E-state index contributed by atoms with van der Waals surface area (Å²) in [4.78, 5) is 17.1. The Bertz CT molecular complexity index is 870. The highest BCUT2D eigenvalue weighted by Gasteiger charge is 2.14. The molecule has 3 rings (SSSR count). The highest BCUT2D eigenvalue weighted by Crippen LogP contribution is 2.27. The first kappa shape index (κ1) is 16.4. The highest BCUT2D eigenvalue weighted by atomic mass is 35.5. The normalized spacial score (nSPS) is 11.1. The van der Waals surface area contributed by atoms with Crippen LogP contribution in [0.5, 0.6) is 0 Å². The lowest BCUT2D eigenvalue weighted by atomic mass is 10.1. The van der Waals surface area contributed by atoms with E-state index in [0.29, 0.717) is 10.2 Å². The number of carbonyl (C=O) groups is 1. The molecule has 0 aliphatic carbocycles. The van der Waals surface area contributed by atoms with Gasteiger partial charge >= 0.3 is 0 Å². The zero-order chi connectivity index (χ0) is 16.9. The lowest BCUT2D eigenvalue weighted by molar-refractivity contribution is -0.111. The average Bonchev–Trinajstić information content (AvgIpc) is 3.19. The molecule has 0 saturated heterocycles. The van der Waals surface area contributed by atoms with E-state index >= 15 is 0 Å². The zero-order valence-corrected chi connectivity index (χ0v) is 14.5. The zero-order valence-electron chi connectivity index (χ0n) is 12.9. The standard InChI is InChI=1S/C17H15ClN4OS/c1-2-13-16(11-7-9-19-10-8-11)21-22-17(13)20-15(23)6-4-12-3-5-14(18)24-12/h3-10H,2H2,1H3,(H2,20,21,22,23). The molecule has 0 aliphatic rings. The number of thiophene rings is 1. The topological polar surface area (TPSA) is 70.7 Å². The number of nitrogens with one attached hydrogen (secondary N) is 2. The fourth-order valence-corrected chi connectivity index (χ4v) is 3.27. The molecule has 3 aromatic rings. The van der Waals surface area contributed by atoms with Crippen molar-refractivity contribution in [2.75, 3.05) is 5.32 Å². The van der Waals surface area contributed by atoms with Gasteiger partial charge in [-0.3, -0.25) is 14.9 Å². The number of carbonyl (C=O) groups excluding carboxylic acids is 1. The van der Waals surface area contributed by atoms with Crippen LogP contribution in [0, 0.1) is 0 Å². The maximum atomic E-state index is 12.1. The molecular formula is C17H15ClN4OS. The van der Waals surface area contributed by atoms with E-state index in [1.165, 1.54) is 17.4 Å². The van der Waals surface area contributed by atoms with Crippen LogP contribution in [0.3, 0.4) is 0 Å². The number of pyridine rings is 1. The molecule has 7 heteroatoms. The van der Waals surface area contributed by atoms with E-state index in [1.54, 1.807) is 24.5 Å². The average molecular weight is 359 g/mol. The van der Waals surface area contributed by atoms with Gasteiger partial charge in [0.05, 0.1) is 10.0 Å². The summed E-state index contributed by atoms with van der Waals surface area (Å²) in [5.74, 6) is 0.310. The van der Waals surface area contributed by atoms with Crippen LogP contribution < -0.4 is 5.32 Å². The molecule has 122 valence electrons. The van der Waals surface area contributed by atoms with Crippen LogP contribution in [-0.4, -0.2) is 21.1 Å². The lowest BCUT2D eigenvalue weighted by Gasteiger charge is -2.03. The predicted molar refractivity (Wildman–Crippen MR) is 98.2 cm³/mol. The maximum absolute atomic E-state index is 12.1. The Morgan fingerprint density at radius 1 is 1.33 bits per heavy atom. The molecule has 0 spiro atoms. The van der Waals surface area contributed by atoms with Gasteiger partial charge in [-0.1, -0.05) is 18.5 Å². The third-order valence-corrected chi connectivity index (χ3v) is 4.62. The first-order valence-corrected chi connectivity index (χ1v) is 8.59. The largest absolute Gasteiger partial charge is 0.305 e. The summed E-state index contributed by atoms with van der Waals surface area (Å²) >= 11 is 7.29. The van der Waals surface area contributed by atoms with Gasteiger partial charge in [0.25, 0.3) is 0 Å². The molecule has 0 aliphatic heterocycles. The Morgan fingerprint density at radius 2 is 2.12 bits per heavy atom. The Morgan fingerprint density at radius 3 is 2.79 bits per heavy atom. The van der Waals surface area contributed by atoms with Crippen LogP contribution in [0.2, 0.25) is 4.34 Å². The van der Waals surface area contributed by atoms with Crippen LogP contribution in [0.4, 0.5) is 5.82 Å². The van der Waals surface area contributed by atoms with Gasteiger partial charge < -0.3 is 5.32 Å². The number of rotatable bonds is 5. The fraction of sp³-hybridized carbons (Fsp3) is 0.118. The van der Waals surface area contributed by atoms with Gasteiger partial charge in [0, 0.05) is 34.5 Å². The number of hydrogen-bond acceptors (Lipinski definition) is 4. The van der Waals surface area contributed by atoms with Crippen LogP contribution in [0.1, 0.15) is 17.4 Å². The SMILES string of the molecule is CCc1c(NC(=O)C=Cc2ccc(Cl)s2)n[nH]c1-c1ccncc1. The van der Waals surface area contributed by atoms with E-state index in [-0.39, 0.29) is 5.91 Å². The number of anilines is 1. The van der Waals surface area contributed by atoms with Crippen LogP contribution in [0.15, 0.2) is 42.7 Å². The third-order valence-electron chi connectivity index (χ3n) is 3.42. The minimum absolute atomic E-state index is 0.234.